The van der Waals surface area contributed by atoms with Gasteiger partial charge in [0.05, 0.1) is 16.3 Å². The van der Waals surface area contributed by atoms with Gasteiger partial charge in [-0.25, -0.2) is 12.8 Å². The Morgan fingerprint density at radius 1 is 0.900 bits per heavy atom. The van der Waals surface area contributed by atoms with Crippen LogP contribution in [-0.2, 0) is 9.84 Å². The monoisotopic (exact) mass is 420 g/mol. The lowest BCUT2D eigenvalue weighted by molar-refractivity contribution is 0.106. The van der Waals surface area contributed by atoms with Crippen LogP contribution in [0.2, 0.25) is 0 Å². The minimum absolute atomic E-state index is 0.0275. The van der Waals surface area contributed by atoms with Gasteiger partial charge in [-0.3, -0.25) is 10.2 Å². The topological polar surface area (TPSA) is 75.6 Å². The van der Waals surface area contributed by atoms with Crippen molar-refractivity contribution in [3.05, 3.63) is 107 Å². The van der Waals surface area contributed by atoms with Crippen molar-refractivity contribution < 1.29 is 17.6 Å². The molecular formula is C23H17FN2O3S. The van der Waals surface area contributed by atoms with Crippen LogP contribution in [0.15, 0.2) is 94.9 Å². The van der Waals surface area contributed by atoms with E-state index in [4.69, 9.17) is 0 Å². The Kier molecular flexibility index (Phi) is 5.29. The molecule has 5 nitrogen and oxygen atoms in total. The smallest absolute Gasteiger partial charge is 0.213 e. The van der Waals surface area contributed by atoms with Crippen molar-refractivity contribution in [1.29, 1.82) is 0 Å². The zero-order chi connectivity index (χ0) is 21.1. The van der Waals surface area contributed by atoms with Crippen LogP contribution in [0.3, 0.4) is 0 Å². The van der Waals surface area contributed by atoms with Crippen LogP contribution >= 0.6 is 0 Å². The lowest BCUT2D eigenvalue weighted by Gasteiger charge is -2.18. The van der Waals surface area contributed by atoms with Gasteiger partial charge in [0.15, 0.2) is 9.84 Å². The lowest BCUT2D eigenvalue weighted by atomic mass is 10.0. The van der Waals surface area contributed by atoms with Gasteiger partial charge in [0.25, 0.3) is 0 Å². The van der Waals surface area contributed by atoms with Crippen LogP contribution in [0.5, 0.6) is 0 Å². The molecule has 1 heterocycles. The number of fused-ring (bicyclic) bond motifs is 1. The molecule has 7 heteroatoms. The van der Waals surface area contributed by atoms with Gasteiger partial charge in [-0.15, -0.1) is 0 Å². The second-order valence-corrected chi connectivity index (χ2v) is 8.68. The number of ketones is 1. The van der Waals surface area contributed by atoms with Crippen molar-refractivity contribution in [3.63, 3.8) is 0 Å². The van der Waals surface area contributed by atoms with E-state index in [9.17, 15) is 17.6 Å². The number of sulfone groups is 1. The number of nitrogens with zero attached hydrogens (tertiary/aromatic N) is 1. The van der Waals surface area contributed by atoms with Crippen LogP contribution in [0.1, 0.15) is 21.5 Å². The number of hydrogen-bond acceptors (Lipinski definition) is 5. The van der Waals surface area contributed by atoms with E-state index in [1.54, 1.807) is 48.5 Å². The Morgan fingerprint density at radius 2 is 1.53 bits per heavy atom. The summed E-state index contributed by atoms with van der Waals surface area (Å²) in [6.45, 7) is 0. The summed E-state index contributed by atoms with van der Waals surface area (Å²) in [6, 6.07) is 21.1. The average molecular weight is 420 g/mol. The maximum atomic E-state index is 13.8. The molecule has 0 amide bonds. The zero-order valence-electron chi connectivity index (χ0n) is 15.7. The Morgan fingerprint density at radius 3 is 2.20 bits per heavy atom. The maximum Gasteiger partial charge on any atom is 0.213 e. The van der Waals surface area contributed by atoms with Gasteiger partial charge in [-0.2, -0.15) is 5.10 Å². The molecule has 0 unspecified atom stereocenters. The van der Waals surface area contributed by atoms with Gasteiger partial charge in [0.2, 0.25) is 5.78 Å². The second-order valence-electron chi connectivity index (χ2n) is 6.67. The molecule has 0 radical (unpaired) electrons. The number of rotatable bonds is 5. The molecule has 4 rings (SSSR count). The van der Waals surface area contributed by atoms with Gasteiger partial charge in [-0.05, 0) is 24.3 Å². The SMILES string of the molecule is O=C(/C(=N/NC1=CCS(=O)(=O)c2ccc(F)cc21)c1ccccc1)c1ccccc1. The van der Waals surface area contributed by atoms with Crippen molar-refractivity contribution in [2.24, 2.45) is 5.10 Å². The van der Waals surface area contributed by atoms with Gasteiger partial charge in [-0.1, -0.05) is 60.7 Å². The Hall–Kier alpha value is -3.58. The van der Waals surface area contributed by atoms with Crippen LogP contribution in [0.25, 0.3) is 5.70 Å². The van der Waals surface area contributed by atoms with Crippen molar-refractivity contribution in [1.82, 2.24) is 5.43 Å². The van der Waals surface area contributed by atoms with E-state index in [-0.39, 0.29) is 27.7 Å². The molecule has 0 saturated heterocycles. The summed E-state index contributed by atoms with van der Waals surface area (Å²) < 4.78 is 38.4. The number of nitrogens with one attached hydrogen (secondary N) is 1. The Labute approximate surface area is 173 Å². The molecule has 0 aliphatic carbocycles. The van der Waals surface area contributed by atoms with Crippen LogP contribution in [0, 0.1) is 5.82 Å². The molecule has 3 aromatic carbocycles. The van der Waals surface area contributed by atoms with E-state index >= 15 is 0 Å². The van der Waals surface area contributed by atoms with Crippen molar-refractivity contribution in [2.75, 3.05) is 5.75 Å². The molecule has 0 fully saturated rings. The first kappa shape index (κ1) is 19.7. The molecule has 1 aliphatic heterocycles. The summed E-state index contributed by atoms with van der Waals surface area (Å²) in [5.41, 5.74) is 4.53. The molecule has 0 saturated carbocycles. The first-order valence-electron chi connectivity index (χ1n) is 9.17. The molecule has 1 aliphatic rings. The molecule has 30 heavy (non-hydrogen) atoms. The van der Waals surface area contributed by atoms with E-state index in [0.29, 0.717) is 16.8 Å². The summed E-state index contributed by atoms with van der Waals surface area (Å²) in [5.74, 6) is -1.10. The molecule has 0 bridgehead atoms. The average Bonchev–Trinajstić information content (AvgIpc) is 2.76. The number of benzene rings is 3. The number of carbonyl (C=O) groups is 1. The van der Waals surface area contributed by atoms with Gasteiger partial charge >= 0.3 is 0 Å². The highest BCUT2D eigenvalue weighted by molar-refractivity contribution is 7.91. The zero-order valence-corrected chi connectivity index (χ0v) is 16.6. The first-order valence-corrected chi connectivity index (χ1v) is 10.8. The summed E-state index contributed by atoms with van der Waals surface area (Å²) in [6.07, 6.45) is 1.43. The van der Waals surface area contributed by atoms with Gasteiger partial charge in [0.1, 0.15) is 11.5 Å². The lowest BCUT2D eigenvalue weighted by Crippen LogP contribution is -2.22. The second kappa shape index (κ2) is 8.04. The number of carbonyl (C=O) groups excluding carboxylic acids is 1. The largest absolute Gasteiger partial charge is 0.287 e. The van der Waals surface area contributed by atoms with E-state index in [1.165, 1.54) is 12.1 Å². The third-order valence-electron chi connectivity index (χ3n) is 4.66. The normalized spacial score (nSPS) is 15.1. The Balaban J connectivity index is 1.75. The minimum Gasteiger partial charge on any atom is -0.287 e. The van der Waals surface area contributed by atoms with Crippen LogP contribution < -0.4 is 5.43 Å². The quantitative estimate of drug-likeness (QED) is 0.295. The van der Waals surface area contributed by atoms with Crippen molar-refractivity contribution in [3.8, 4) is 0 Å². The molecule has 0 atom stereocenters. The third kappa shape index (κ3) is 3.92. The minimum atomic E-state index is -3.54. The molecular weight excluding hydrogens is 403 g/mol. The van der Waals surface area contributed by atoms with Crippen molar-refractivity contribution in [2.45, 2.75) is 4.90 Å². The highest BCUT2D eigenvalue weighted by atomic mass is 32.2. The summed E-state index contributed by atoms with van der Waals surface area (Å²) >= 11 is 0. The molecule has 0 aromatic heterocycles. The number of hydrogen-bond donors (Lipinski definition) is 1. The molecule has 3 aromatic rings. The highest BCUT2D eigenvalue weighted by Gasteiger charge is 2.25. The van der Waals surface area contributed by atoms with E-state index < -0.39 is 15.7 Å². The fourth-order valence-electron chi connectivity index (χ4n) is 3.17. The molecule has 1 N–H and O–H groups in total. The number of hydrazone groups is 1. The molecule has 150 valence electrons. The molecule has 0 spiro atoms. The van der Waals surface area contributed by atoms with Gasteiger partial charge in [0, 0.05) is 16.7 Å². The van der Waals surface area contributed by atoms with Crippen LogP contribution in [-0.4, -0.2) is 25.7 Å². The number of halogens is 1. The fourth-order valence-corrected chi connectivity index (χ4v) is 4.51. The van der Waals surface area contributed by atoms with E-state index in [1.807, 2.05) is 12.1 Å². The van der Waals surface area contributed by atoms with Gasteiger partial charge < -0.3 is 0 Å². The van der Waals surface area contributed by atoms with E-state index in [0.717, 1.165) is 12.1 Å². The highest BCUT2D eigenvalue weighted by Crippen LogP contribution is 2.28. The Bertz CT molecular complexity index is 1270. The summed E-state index contributed by atoms with van der Waals surface area (Å²) in [4.78, 5) is 13.1. The van der Waals surface area contributed by atoms with E-state index in [2.05, 4.69) is 10.5 Å². The number of Topliss-reactive ketones (excluding diaryl/α,β-unsaturated/α-hetero) is 1. The first-order chi connectivity index (χ1) is 14.5. The summed E-state index contributed by atoms with van der Waals surface area (Å²) in [5, 5.41) is 4.30. The third-order valence-corrected chi connectivity index (χ3v) is 6.29. The van der Waals surface area contributed by atoms with Crippen molar-refractivity contribution >= 4 is 27.0 Å². The standard InChI is InChI=1S/C23H17FN2O3S/c24-18-11-12-21-19(15-18)20(13-14-30(21,28)29)25-26-22(16-7-3-1-4-8-16)23(27)17-9-5-2-6-10-17/h1-13,15,25H,14H2/b26-22+. The fraction of sp³-hybridized carbons (Fsp3) is 0.0435. The predicted octanol–water partition coefficient (Wildman–Crippen LogP) is 3.83. The maximum absolute atomic E-state index is 13.8. The predicted molar refractivity (Wildman–Crippen MR) is 113 cm³/mol. The van der Waals surface area contributed by atoms with Crippen LogP contribution in [0.4, 0.5) is 4.39 Å². The summed E-state index contributed by atoms with van der Waals surface area (Å²) in [7, 11) is -3.54.